The molecule has 4 nitrogen and oxygen atoms in total. The van der Waals surface area contributed by atoms with Crippen molar-refractivity contribution < 1.29 is 4.74 Å². The van der Waals surface area contributed by atoms with E-state index in [0.29, 0.717) is 12.5 Å². The lowest BCUT2D eigenvalue weighted by molar-refractivity contribution is -0.0627. The van der Waals surface area contributed by atoms with Crippen LogP contribution in [0.1, 0.15) is 75.7 Å². The molecule has 2 fully saturated rings. The fourth-order valence-corrected chi connectivity index (χ4v) is 3.31. The zero-order chi connectivity index (χ0) is 14.0. The van der Waals surface area contributed by atoms with Gasteiger partial charge in [-0.2, -0.15) is 0 Å². The molecule has 0 aliphatic heterocycles. The van der Waals surface area contributed by atoms with Crippen LogP contribution in [0.25, 0.3) is 0 Å². The number of ether oxygens (including phenoxy) is 1. The van der Waals surface area contributed by atoms with Crippen LogP contribution in [0.4, 0.5) is 0 Å². The van der Waals surface area contributed by atoms with Gasteiger partial charge in [0.05, 0.1) is 5.69 Å². The highest BCUT2D eigenvalue weighted by atomic mass is 16.5. The summed E-state index contributed by atoms with van der Waals surface area (Å²) < 4.78 is 6.11. The van der Waals surface area contributed by atoms with E-state index in [0.717, 1.165) is 50.0 Å². The molecule has 0 amide bonds. The Kier molecular flexibility index (Phi) is 3.92. The lowest BCUT2D eigenvalue weighted by atomic mass is 9.92. The number of H-pyrrole nitrogens is 1. The van der Waals surface area contributed by atoms with E-state index in [9.17, 15) is 4.79 Å². The van der Waals surface area contributed by atoms with Crippen LogP contribution in [0.15, 0.2) is 10.9 Å². The molecule has 0 radical (unpaired) electrons. The fraction of sp³-hybridized carbons (Fsp3) is 0.750. The second-order valence-electron chi connectivity index (χ2n) is 6.13. The van der Waals surface area contributed by atoms with Crippen LogP contribution in [0, 0.1) is 0 Å². The molecule has 20 heavy (non-hydrogen) atoms. The van der Waals surface area contributed by atoms with Crippen LogP contribution in [-0.4, -0.2) is 16.6 Å². The Bertz CT molecular complexity index is 511. The number of nitrogens with one attached hydrogen (secondary N) is 1. The lowest BCUT2D eigenvalue weighted by Crippen LogP contribution is -2.34. The first-order valence-corrected chi connectivity index (χ1v) is 7.99. The molecule has 2 aliphatic carbocycles. The van der Waals surface area contributed by atoms with E-state index >= 15 is 0 Å². The summed E-state index contributed by atoms with van der Waals surface area (Å²) in [6.07, 6.45) is 9.07. The molecular formula is C16H24N2O2. The van der Waals surface area contributed by atoms with Gasteiger partial charge in [0.25, 0.3) is 5.56 Å². The number of aromatic amines is 1. The molecule has 3 rings (SSSR count). The molecule has 1 N–H and O–H groups in total. The van der Waals surface area contributed by atoms with Crippen molar-refractivity contribution in [2.24, 2.45) is 0 Å². The van der Waals surface area contributed by atoms with Gasteiger partial charge in [-0.05, 0) is 32.6 Å². The van der Waals surface area contributed by atoms with Gasteiger partial charge in [-0.15, -0.1) is 0 Å². The van der Waals surface area contributed by atoms with Gasteiger partial charge in [-0.1, -0.05) is 25.7 Å². The zero-order valence-electron chi connectivity index (χ0n) is 12.3. The van der Waals surface area contributed by atoms with Crippen molar-refractivity contribution in [2.45, 2.75) is 69.8 Å². The number of aromatic nitrogens is 2. The fourth-order valence-electron chi connectivity index (χ4n) is 3.31. The van der Waals surface area contributed by atoms with Crippen molar-refractivity contribution in [1.29, 1.82) is 0 Å². The van der Waals surface area contributed by atoms with Crippen molar-refractivity contribution in [2.75, 3.05) is 6.61 Å². The normalized spacial score (nSPS) is 22.4. The van der Waals surface area contributed by atoms with E-state index in [2.05, 4.69) is 4.98 Å². The summed E-state index contributed by atoms with van der Waals surface area (Å²) in [5.41, 5.74) is 0.572. The topological polar surface area (TPSA) is 55.0 Å². The van der Waals surface area contributed by atoms with Gasteiger partial charge in [0.15, 0.2) is 0 Å². The average Bonchev–Trinajstić information content (AvgIpc) is 3.26. The van der Waals surface area contributed by atoms with Gasteiger partial charge in [0.2, 0.25) is 0 Å². The molecule has 110 valence electrons. The SMILES string of the molecule is CCOC1(c2nc(C3CC3)cc(=O)[nH]2)CCCCCC1. The first-order valence-electron chi connectivity index (χ1n) is 7.99. The number of nitrogens with zero attached hydrogens (tertiary/aromatic N) is 1. The van der Waals surface area contributed by atoms with Gasteiger partial charge in [-0.3, -0.25) is 4.79 Å². The molecular weight excluding hydrogens is 252 g/mol. The maximum Gasteiger partial charge on any atom is 0.251 e. The number of hydrogen-bond donors (Lipinski definition) is 1. The summed E-state index contributed by atoms with van der Waals surface area (Å²) >= 11 is 0. The van der Waals surface area contributed by atoms with Crippen molar-refractivity contribution in [3.8, 4) is 0 Å². The quantitative estimate of drug-likeness (QED) is 0.859. The molecule has 0 bridgehead atoms. The maximum absolute atomic E-state index is 12.0. The van der Waals surface area contributed by atoms with E-state index in [1.54, 1.807) is 6.07 Å². The second-order valence-corrected chi connectivity index (χ2v) is 6.13. The van der Waals surface area contributed by atoms with E-state index in [1.807, 2.05) is 6.92 Å². The molecule has 1 aromatic rings. The number of rotatable bonds is 4. The van der Waals surface area contributed by atoms with Crippen LogP contribution in [0.3, 0.4) is 0 Å². The molecule has 0 saturated heterocycles. The Balaban J connectivity index is 1.99. The largest absolute Gasteiger partial charge is 0.367 e. The third kappa shape index (κ3) is 2.80. The highest BCUT2D eigenvalue weighted by Gasteiger charge is 2.37. The first-order chi connectivity index (χ1) is 9.73. The summed E-state index contributed by atoms with van der Waals surface area (Å²) in [4.78, 5) is 19.7. The van der Waals surface area contributed by atoms with Gasteiger partial charge < -0.3 is 9.72 Å². The van der Waals surface area contributed by atoms with Crippen molar-refractivity contribution in [3.63, 3.8) is 0 Å². The van der Waals surface area contributed by atoms with Crippen molar-refractivity contribution >= 4 is 0 Å². The first kappa shape index (κ1) is 13.8. The zero-order valence-corrected chi connectivity index (χ0v) is 12.3. The predicted molar refractivity (Wildman–Crippen MR) is 77.8 cm³/mol. The molecule has 0 spiro atoms. The Morgan fingerprint density at radius 1 is 1.30 bits per heavy atom. The summed E-state index contributed by atoms with van der Waals surface area (Å²) in [5.74, 6) is 1.27. The minimum atomic E-state index is -0.366. The van der Waals surface area contributed by atoms with Crippen LogP contribution in [-0.2, 0) is 10.3 Å². The van der Waals surface area contributed by atoms with E-state index in [-0.39, 0.29) is 11.2 Å². The van der Waals surface area contributed by atoms with Gasteiger partial charge in [0.1, 0.15) is 11.4 Å². The van der Waals surface area contributed by atoms with Crippen molar-refractivity contribution in [1.82, 2.24) is 9.97 Å². The monoisotopic (exact) mass is 276 g/mol. The smallest absolute Gasteiger partial charge is 0.251 e. The molecule has 0 unspecified atom stereocenters. The Labute approximate surface area is 120 Å². The van der Waals surface area contributed by atoms with Crippen molar-refractivity contribution in [3.05, 3.63) is 27.9 Å². The highest BCUT2D eigenvalue weighted by Crippen LogP contribution is 2.41. The minimum Gasteiger partial charge on any atom is -0.367 e. The standard InChI is InChI=1S/C16H24N2O2/c1-2-20-16(9-5-3-4-6-10-16)15-17-13(12-7-8-12)11-14(19)18-15/h11-12H,2-10H2,1H3,(H,17,18,19). The number of hydrogen-bond acceptors (Lipinski definition) is 3. The molecule has 4 heteroatoms. The third-order valence-electron chi connectivity index (χ3n) is 4.52. The van der Waals surface area contributed by atoms with Gasteiger partial charge in [0, 0.05) is 18.6 Å². The van der Waals surface area contributed by atoms with Gasteiger partial charge in [-0.25, -0.2) is 4.98 Å². The summed E-state index contributed by atoms with van der Waals surface area (Å²) in [7, 11) is 0. The maximum atomic E-state index is 12.0. The molecule has 1 aromatic heterocycles. The Hall–Kier alpha value is -1.16. The predicted octanol–water partition coefficient (Wildman–Crippen LogP) is 3.23. The van der Waals surface area contributed by atoms with Crippen LogP contribution < -0.4 is 5.56 Å². The van der Waals surface area contributed by atoms with Crippen LogP contribution in [0.5, 0.6) is 0 Å². The van der Waals surface area contributed by atoms with E-state index < -0.39 is 0 Å². The average molecular weight is 276 g/mol. The highest BCUT2D eigenvalue weighted by molar-refractivity contribution is 5.17. The molecule has 1 heterocycles. The lowest BCUT2D eigenvalue weighted by Gasteiger charge is -2.31. The molecule has 2 saturated carbocycles. The summed E-state index contributed by atoms with van der Waals surface area (Å²) in [5, 5.41) is 0. The summed E-state index contributed by atoms with van der Waals surface area (Å²) in [6.45, 7) is 2.69. The Morgan fingerprint density at radius 3 is 2.60 bits per heavy atom. The van der Waals surface area contributed by atoms with Crippen LogP contribution >= 0.6 is 0 Å². The van der Waals surface area contributed by atoms with E-state index in [1.165, 1.54) is 12.8 Å². The van der Waals surface area contributed by atoms with Crippen LogP contribution in [0.2, 0.25) is 0 Å². The van der Waals surface area contributed by atoms with Gasteiger partial charge >= 0.3 is 0 Å². The second kappa shape index (κ2) is 5.68. The summed E-state index contributed by atoms with van der Waals surface area (Å²) in [6, 6.07) is 1.66. The molecule has 0 aromatic carbocycles. The van der Waals surface area contributed by atoms with E-state index in [4.69, 9.17) is 9.72 Å². The molecule has 2 aliphatic rings. The minimum absolute atomic E-state index is 0.0276. The third-order valence-corrected chi connectivity index (χ3v) is 4.52. The molecule has 0 atom stereocenters. The Morgan fingerprint density at radius 2 is 2.00 bits per heavy atom.